The maximum absolute atomic E-state index is 8.68. The number of hydrogen-bond donors (Lipinski definition) is 1. The number of hydrogen-bond acceptors (Lipinski definition) is 4. The van der Waals surface area contributed by atoms with E-state index in [9.17, 15) is 0 Å². The monoisotopic (exact) mass is 271 g/mol. The van der Waals surface area contributed by atoms with E-state index in [-0.39, 0.29) is 6.61 Å². The molecule has 1 heterocycles. The first-order valence-electron chi connectivity index (χ1n) is 6.44. The van der Waals surface area contributed by atoms with Crippen LogP contribution in [0.2, 0.25) is 0 Å². The predicted octanol–water partition coefficient (Wildman–Crippen LogP) is 1.53. The molecule has 0 fully saturated rings. The van der Waals surface area contributed by atoms with Gasteiger partial charge in [0.1, 0.15) is 25.3 Å². The minimum atomic E-state index is -0.135. The van der Waals surface area contributed by atoms with Gasteiger partial charge in [-0.25, -0.2) is 9.67 Å². The second-order valence-electron chi connectivity index (χ2n) is 4.22. The maximum Gasteiger partial charge on any atom is 0.164 e. The lowest BCUT2D eigenvalue weighted by Gasteiger charge is -2.09. The molecule has 0 amide bonds. The minimum absolute atomic E-state index is 0.135. The summed E-state index contributed by atoms with van der Waals surface area (Å²) >= 11 is 0. The van der Waals surface area contributed by atoms with Gasteiger partial charge in [-0.05, 0) is 37.6 Å². The lowest BCUT2D eigenvalue weighted by molar-refractivity contribution is 0.285. The Hall–Kier alpha value is -2.32. The van der Waals surface area contributed by atoms with Crippen LogP contribution >= 0.6 is 0 Å². The van der Waals surface area contributed by atoms with Gasteiger partial charge in [0.25, 0.3) is 0 Å². The van der Waals surface area contributed by atoms with Crippen molar-refractivity contribution in [2.75, 3.05) is 6.61 Å². The Labute approximate surface area is 118 Å². The molecule has 0 saturated heterocycles. The molecule has 0 radical (unpaired) electrons. The van der Waals surface area contributed by atoms with Crippen LogP contribution in [0.25, 0.3) is 0 Å². The zero-order valence-corrected chi connectivity index (χ0v) is 11.6. The smallest absolute Gasteiger partial charge is 0.164 e. The molecule has 0 bridgehead atoms. The lowest BCUT2D eigenvalue weighted by Crippen LogP contribution is -2.07. The molecule has 2 rings (SSSR count). The van der Waals surface area contributed by atoms with Gasteiger partial charge in [-0.15, -0.1) is 0 Å². The Morgan fingerprint density at radius 1 is 1.40 bits per heavy atom. The normalized spacial score (nSPS) is 9.95. The Morgan fingerprint density at radius 3 is 2.95 bits per heavy atom. The summed E-state index contributed by atoms with van der Waals surface area (Å²) in [5, 5.41) is 12.8. The molecule has 1 aromatic carbocycles. The van der Waals surface area contributed by atoms with E-state index in [2.05, 4.69) is 21.9 Å². The molecular weight excluding hydrogens is 254 g/mol. The Bertz CT molecular complexity index is 638. The van der Waals surface area contributed by atoms with Crippen molar-refractivity contribution < 1.29 is 9.84 Å². The van der Waals surface area contributed by atoms with E-state index in [4.69, 9.17) is 9.84 Å². The average molecular weight is 271 g/mol. The predicted molar refractivity (Wildman–Crippen MR) is 75.2 cm³/mol. The number of aliphatic hydroxyl groups excluding tert-OH is 1. The van der Waals surface area contributed by atoms with Crippen molar-refractivity contribution in [2.24, 2.45) is 0 Å². The first-order chi connectivity index (χ1) is 9.74. The summed E-state index contributed by atoms with van der Waals surface area (Å²) in [6.07, 6.45) is 1.53. The van der Waals surface area contributed by atoms with Crippen molar-refractivity contribution in [2.45, 2.75) is 27.0 Å². The summed E-state index contributed by atoms with van der Waals surface area (Å²) < 4.78 is 7.56. The van der Waals surface area contributed by atoms with Gasteiger partial charge in [-0.3, -0.25) is 0 Å². The van der Waals surface area contributed by atoms with Crippen molar-refractivity contribution in [1.29, 1.82) is 0 Å². The van der Waals surface area contributed by atoms with Gasteiger partial charge >= 0.3 is 0 Å². The molecule has 0 spiro atoms. The van der Waals surface area contributed by atoms with Crippen LogP contribution in [-0.2, 0) is 13.2 Å². The Morgan fingerprint density at radius 2 is 2.25 bits per heavy atom. The summed E-state index contributed by atoms with van der Waals surface area (Å²) in [6, 6.07) is 5.68. The van der Waals surface area contributed by atoms with Crippen LogP contribution in [0, 0.1) is 18.8 Å². The third-order valence-electron chi connectivity index (χ3n) is 2.84. The van der Waals surface area contributed by atoms with Crippen molar-refractivity contribution in [3.8, 4) is 17.6 Å². The van der Waals surface area contributed by atoms with E-state index in [0.29, 0.717) is 6.61 Å². The van der Waals surface area contributed by atoms with Crippen molar-refractivity contribution >= 4 is 0 Å². The second kappa shape index (κ2) is 6.73. The number of ether oxygens (including phenoxy) is 1. The van der Waals surface area contributed by atoms with E-state index in [1.807, 2.05) is 32.0 Å². The standard InChI is InChI=1S/C15H17N3O2/c1-3-18-15(16-11-17-18)10-20-14-7-6-13(5-4-8-19)9-12(14)2/h6-7,9,11,19H,3,8,10H2,1-2H3. The van der Waals surface area contributed by atoms with Crippen molar-refractivity contribution in [1.82, 2.24) is 14.8 Å². The molecule has 0 aliphatic carbocycles. The number of benzene rings is 1. The molecule has 0 unspecified atom stereocenters. The van der Waals surface area contributed by atoms with Crippen LogP contribution in [0.1, 0.15) is 23.9 Å². The van der Waals surface area contributed by atoms with Crippen molar-refractivity contribution in [3.05, 3.63) is 41.5 Å². The lowest BCUT2D eigenvalue weighted by atomic mass is 10.1. The third-order valence-corrected chi connectivity index (χ3v) is 2.84. The molecule has 1 N–H and O–H groups in total. The van der Waals surface area contributed by atoms with E-state index >= 15 is 0 Å². The molecule has 1 aromatic heterocycles. The van der Waals surface area contributed by atoms with Crippen LogP contribution in [0.4, 0.5) is 0 Å². The van der Waals surface area contributed by atoms with Gasteiger partial charge in [-0.2, -0.15) is 5.10 Å². The minimum Gasteiger partial charge on any atom is -0.485 e. The SMILES string of the molecule is CCn1ncnc1COc1ccc(C#CCO)cc1C. The topological polar surface area (TPSA) is 60.2 Å². The molecule has 0 aliphatic heterocycles. The molecule has 5 heteroatoms. The number of aliphatic hydroxyl groups is 1. The van der Waals surface area contributed by atoms with Gasteiger partial charge in [-0.1, -0.05) is 11.8 Å². The highest BCUT2D eigenvalue weighted by Crippen LogP contribution is 2.19. The fourth-order valence-electron chi connectivity index (χ4n) is 1.84. The van der Waals surface area contributed by atoms with E-state index in [1.54, 1.807) is 4.68 Å². The zero-order chi connectivity index (χ0) is 14.4. The summed E-state index contributed by atoms with van der Waals surface area (Å²) in [4.78, 5) is 4.17. The number of rotatable bonds is 4. The first kappa shape index (κ1) is 14.1. The third kappa shape index (κ3) is 3.37. The Kier molecular flexibility index (Phi) is 4.75. The van der Waals surface area contributed by atoms with E-state index in [1.165, 1.54) is 6.33 Å². The molecule has 0 atom stereocenters. The number of aryl methyl sites for hydroxylation is 2. The maximum atomic E-state index is 8.68. The fourth-order valence-corrected chi connectivity index (χ4v) is 1.84. The van der Waals surface area contributed by atoms with Crippen LogP contribution in [0.15, 0.2) is 24.5 Å². The summed E-state index contributed by atoms with van der Waals surface area (Å²) in [6.45, 7) is 5.00. The molecule has 2 aromatic rings. The molecule has 0 saturated carbocycles. The van der Waals surface area contributed by atoms with E-state index < -0.39 is 0 Å². The highest BCUT2D eigenvalue weighted by Gasteiger charge is 2.05. The summed E-state index contributed by atoms with van der Waals surface area (Å²) in [5.41, 5.74) is 1.86. The highest BCUT2D eigenvalue weighted by atomic mass is 16.5. The molecule has 5 nitrogen and oxygen atoms in total. The van der Waals surface area contributed by atoms with Crippen LogP contribution in [-0.4, -0.2) is 26.5 Å². The summed E-state index contributed by atoms with van der Waals surface area (Å²) in [7, 11) is 0. The summed E-state index contributed by atoms with van der Waals surface area (Å²) in [5.74, 6) is 7.09. The Balaban J connectivity index is 2.07. The molecule has 0 aliphatic rings. The largest absolute Gasteiger partial charge is 0.485 e. The quantitative estimate of drug-likeness (QED) is 0.857. The number of nitrogens with zero attached hydrogens (tertiary/aromatic N) is 3. The van der Waals surface area contributed by atoms with Crippen molar-refractivity contribution in [3.63, 3.8) is 0 Å². The van der Waals surface area contributed by atoms with Gasteiger partial charge in [0.05, 0.1) is 0 Å². The average Bonchev–Trinajstić information content (AvgIpc) is 2.91. The highest BCUT2D eigenvalue weighted by molar-refractivity contribution is 5.43. The van der Waals surface area contributed by atoms with Gasteiger partial charge in [0.15, 0.2) is 5.82 Å². The number of aromatic nitrogens is 3. The van der Waals surface area contributed by atoms with Gasteiger partial charge in [0.2, 0.25) is 0 Å². The van der Waals surface area contributed by atoms with Gasteiger partial charge < -0.3 is 9.84 Å². The molecular formula is C15H17N3O2. The van der Waals surface area contributed by atoms with Crippen LogP contribution in [0.3, 0.4) is 0 Å². The van der Waals surface area contributed by atoms with Gasteiger partial charge in [0, 0.05) is 12.1 Å². The van der Waals surface area contributed by atoms with Crippen LogP contribution in [0.5, 0.6) is 5.75 Å². The molecule has 104 valence electrons. The van der Waals surface area contributed by atoms with Crippen LogP contribution < -0.4 is 4.74 Å². The molecule has 20 heavy (non-hydrogen) atoms. The van der Waals surface area contributed by atoms with E-state index in [0.717, 1.165) is 29.2 Å². The fraction of sp³-hybridized carbons (Fsp3) is 0.333. The zero-order valence-electron chi connectivity index (χ0n) is 11.6. The second-order valence-corrected chi connectivity index (χ2v) is 4.22. The first-order valence-corrected chi connectivity index (χ1v) is 6.44.